The van der Waals surface area contributed by atoms with Crippen LogP contribution in [0.25, 0.3) is 5.65 Å². The number of halogens is 1. The van der Waals surface area contributed by atoms with Crippen molar-refractivity contribution in [2.45, 2.75) is 25.3 Å². The second-order valence-electron chi connectivity index (χ2n) is 5.07. The van der Waals surface area contributed by atoms with E-state index in [1.807, 2.05) is 18.3 Å². The summed E-state index contributed by atoms with van der Waals surface area (Å²) in [6.45, 7) is 2.10. The second kappa shape index (κ2) is 5.46. The van der Waals surface area contributed by atoms with Crippen LogP contribution in [-0.2, 0) is 0 Å². The third-order valence-corrected chi connectivity index (χ3v) is 4.35. The molecule has 0 saturated carbocycles. The van der Waals surface area contributed by atoms with Crippen LogP contribution in [0.4, 0.5) is 5.95 Å². The van der Waals surface area contributed by atoms with Crippen molar-refractivity contribution in [2.24, 2.45) is 0 Å². The molecule has 1 atom stereocenters. The Labute approximate surface area is 121 Å². The summed E-state index contributed by atoms with van der Waals surface area (Å²) in [5, 5.41) is 7.78. The Kier molecular flexibility index (Phi) is 3.70. The second-order valence-corrected chi connectivity index (χ2v) is 5.93. The molecule has 102 valence electrons. The van der Waals surface area contributed by atoms with E-state index >= 15 is 0 Å². The Morgan fingerprint density at radius 3 is 3.16 bits per heavy atom. The molecule has 2 aromatic rings. The Balaban J connectivity index is 1.69. The van der Waals surface area contributed by atoms with Gasteiger partial charge in [-0.05, 0) is 54.5 Å². The maximum Gasteiger partial charge on any atom is 0.243 e. The van der Waals surface area contributed by atoms with Crippen molar-refractivity contribution < 1.29 is 0 Å². The number of hydrogen-bond donors (Lipinski definition) is 1. The van der Waals surface area contributed by atoms with Crippen LogP contribution in [0.1, 0.15) is 19.3 Å². The lowest BCUT2D eigenvalue weighted by atomic mass is 10.0. The van der Waals surface area contributed by atoms with Gasteiger partial charge in [0.2, 0.25) is 5.95 Å². The number of fused-ring (bicyclic) bond motifs is 1. The molecule has 0 aromatic carbocycles. The van der Waals surface area contributed by atoms with Crippen molar-refractivity contribution in [3.63, 3.8) is 0 Å². The van der Waals surface area contributed by atoms with E-state index in [0.717, 1.165) is 16.7 Å². The fraction of sp³-hybridized carbons (Fsp3) is 0.538. The highest BCUT2D eigenvalue weighted by Gasteiger charge is 2.19. The van der Waals surface area contributed by atoms with Crippen LogP contribution in [0.5, 0.6) is 0 Å². The lowest BCUT2D eigenvalue weighted by Gasteiger charge is -2.32. The minimum absolute atomic E-state index is 0.587. The molecule has 3 heterocycles. The molecule has 19 heavy (non-hydrogen) atoms. The fourth-order valence-electron chi connectivity index (χ4n) is 2.56. The number of piperidine rings is 1. The van der Waals surface area contributed by atoms with Crippen LogP contribution in [-0.4, -0.2) is 45.7 Å². The molecular formula is C13H18BrN5. The van der Waals surface area contributed by atoms with Crippen LogP contribution in [0.3, 0.4) is 0 Å². The molecule has 6 heteroatoms. The highest BCUT2D eigenvalue weighted by atomic mass is 79.9. The van der Waals surface area contributed by atoms with Crippen molar-refractivity contribution in [1.82, 2.24) is 19.5 Å². The van der Waals surface area contributed by atoms with Crippen LogP contribution in [0, 0.1) is 0 Å². The van der Waals surface area contributed by atoms with E-state index in [4.69, 9.17) is 0 Å². The molecule has 0 bridgehead atoms. The zero-order chi connectivity index (χ0) is 13.2. The van der Waals surface area contributed by atoms with Gasteiger partial charge in [0.05, 0.1) is 4.47 Å². The summed E-state index contributed by atoms with van der Waals surface area (Å²) in [7, 11) is 2.19. The summed E-state index contributed by atoms with van der Waals surface area (Å²) in [5.74, 6) is 0.700. The summed E-state index contributed by atoms with van der Waals surface area (Å²) >= 11 is 3.49. The smallest absolute Gasteiger partial charge is 0.243 e. The molecule has 5 nitrogen and oxygen atoms in total. The Morgan fingerprint density at radius 2 is 2.37 bits per heavy atom. The third-order valence-electron chi connectivity index (χ3n) is 3.73. The lowest BCUT2D eigenvalue weighted by Crippen LogP contribution is -2.40. The molecule has 1 unspecified atom stereocenters. The van der Waals surface area contributed by atoms with Gasteiger partial charge in [0, 0.05) is 18.8 Å². The number of anilines is 1. The van der Waals surface area contributed by atoms with E-state index in [2.05, 4.69) is 43.3 Å². The number of nitrogens with one attached hydrogen (secondary N) is 1. The van der Waals surface area contributed by atoms with Gasteiger partial charge in [-0.25, -0.2) is 4.52 Å². The van der Waals surface area contributed by atoms with Crippen molar-refractivity contribution in [2.75, 3.05) is 25.5 Å². The van der Waals surface area contributed by atoms with Crippen LogP contribution >= 0.6 is 15.9 Å². The predicted octanol–water partition coefficient (Wildman–Crippen LogP) is 2.39. The number of pyridine rings is 1. The van der Waals surface area contributed by atoms with E-state index < -0.39 is 0 Å². The van der Waals surface area contributed by atoms with Crippen LogP contribution in [0.15, 0.2) is 22.8 Å². The SMILES string of the molecule is CN1CCCCC1CNc1nc2c(Br)cccn2n1. The third kappa shape index (κ3) is 2.74. The normalized spacial score (nSPS) is 20.8. The number of aromatic nitrogens is 3. The van der Waals surface area contributed by atoms with Crippen LogP contribution in [0.2, 0.25) is 0 Å². The first-order chi connectivity index (χ1) is 9.24. The highest BCUT2D eigenvalue weighted by Crippen LogP contribution is 2.18. The molecule has 1 fully saturated rings. The number of likely N-dealkylation sites (N-methyl/N-ethyl adjacent to an activating group) is 1. The molecular weight excluding hydrogens is 306 g/mol. The first-order valence-electron chi connectivity index (χ1n) is 6.69. The molecule has 1 saturated heterocycles. The van der Waals surface area contributed by atoms with Gasteiger partial charge in [-0.3, -0.25) is 0 Å². The van der Waals surface area contributed by atoms with E-state index in [1.165, 1.54) is 25.8 Å². The van der Waals surface area contributed by atoms with Crippen molar-refractivity contribution in [1.29, 1.82) is 0 Å². The minimum Gasteiger partial charge on any atom is -0.351 e. The van der Waals surface area contributed by atoms with Gasteiger partial charge in [0.15, 0.2) is 5.65 Å². The molecule has 1 aliphatic rings. The maximum absolute atomic E-state index is 4.50. The van der Waals surface area contributed by atoms with E-state index in [-0.39, 0.29) is 0 Å². The zero-order valence-corrected chi connectivity index (χ0v) is 12.6. The molecule has 0 aliphatic carbocycles. The molecule has 1 aliphatic heterocycles. The largest absolute Gasteiger partial charge is 0.351 e. The molecule has 1 N–H and O–H groups in total. The van der Waals surface area contributed by atoms with Gasteiger partial charge in [0.25, 0.3) is 0 Å². The zero-order valence-electron chi connectivity index (χ0n) is 11.0. The fourth-order valence-corrected chi connectivity index (χ4v) is 2.98. The minimum atomic E-state index is 0.587. The topological polar surface area (TPSA) is 45.5 Å². The molecule has 0 spiro atoms. The first kappa shape index (κ1) is 12.9. The van der Waals surface area contributed by atoms with Gasteiger partial charge in [-0.15, -0.1) is 5.10 Å². The summed E-state index contributed by atoms with van der Waals surface area (Å²) in [5.41, 5.74) is 0.849. The monoisotopic (exact) mass is 323 g/mol. The molecule has 0 radical (unpaired) electrons. The Bertz CT molecular complexity index is 567. The quantitative estimate of drug-likeness (QED) is 0.942. The highest BCUT2D eigenvalue weighted by molar-refractivity contribution is 9.10. The van der Waals surface area contributed by atoms with Gasteiger partial charge >= 0.3 is 0 Å². The van der Waals surface area contributed by atoms with E-state index in [0.29, 0.717) is 12.0 Å². The van der Waals surface area contributed by atoms with Crippen LogP contribution < -0.4 is 5.32 Å². The summed E-state index contributed by atoms with van der Waals surface area (Å²) in [6.07, 6.45) is 5.79. The number of hydrogen-bond acceptors (Lipinski definition) is 4. The average molecular weight is 324 g/mol. The van der Waals surface area contributed by atoms with Gasteiger partial charge in [-0.2, -0.15) is 4.98 Å². The Morgan fingerprint density at radius 1 is 1.47 bits per heavy atom. The van der Waals surface area contributed by atoms with Gasteiger partial charge in [-0.1, -0.05) is 6.42 Å². The predicted molar refractivity (Wildman–Crippen MR) is 79.4 cm³/mol. The van der Waals surface area contributed by atoms with Crippen molar-refractivity contribution in [3.05, 3.63) is 22.8 Å². The lowest BCUT2D eigenvalue weighted by molar-refractivity contribution is 0.194. The summed E-state index contributed by atoms with van der Waals surface area (Å²) < 4.78 is 2.75. The average Bonchev–Trinajstić information content (AvgIpc) is 2.82. The standard InChI is InChI=1S/C13H18BrN5/c1-18-7-3-2-5-10(18)9-15-13-16-12-11(14)6-4-8-19(12)17-13/h4,6,8,10H,2-3,5,7,9H2,1H3,(H,15,17). The molecule has 2 aromatic heterocycles. The Hall–Kier alpha value is -1.14. The molecule has 0 amide bonds. The van der Waals surface area contributed by atoms with Gasteiger partial charge in [0.1, 0.15) is 0 Å². The van der Waals surface area contributed by atoms with E-state index in [1.54, 1.807) is 4.52 Å². The van der Waals surface area contributed by atoms with Crippen molar-refractivity contribution >= 4 is 27.5 Å². The summed E-state index contributed by atoms with van der Waals surface area (Å²) in [6, 6.07) is 4.51. The summed E-state index contributed by atoms with van der Waals surface area (Å²) in [4.78, 5) is 6.92. The first-order valence-corrected chi connectivity index (χ1v) is 7.48. The van der Waals surface area contributed by atoms with E-state index in [9.17, 15) is 0 Å². The van der Waals surface area contributed by atoms with Gasteiger partial charge < -0.3 is 10.2 Å². The number of nitrogens with zero attached hydrogens (tertiary/aromatic N) is 4. The number of likely N-dealkylation sites (tertiary alicyclic amines) is 1. The van der Waals surface area contributed by atoms with Crippen molar-refractivity contribution in [3.8, 4) is 0 Å². The maximum atomic E-state index is 4.50. The molecule has 3 rings (SSSR count). The number of rotatable bonds is 3.